The third kappa shape index (κ3) is 2.85. The summed E-state index contributed by atoms with van der Waals surface area (Å²) in [7, 11) is 0. The highest BCUT2D eigenvalue weighted by atomic mass is 16.8. The Hall–Kier alpha value is -1.80. The lowest BCUT2D eigenvalue weighted by atomic mass is 9.98. The molecule has 7 atom stereocenters. The number of aliphatic hydroxyl groups is 1. The molecule has 136 valence electrons. The van der Waals surface area contributed by atoms with E-state index in [1.807, 2.05) is 60.7 Å². The number of hydrogen-bond acceptors (Lipinski definition) is 6. The lowest BCUT2D eigenvalue weighted by Gasteiger charge is -2.44. The molecule has 0 spiro atoms. The Balaban J connectivity index is 1.33. The normalized spacial score (nSPS) is 39.2. The fraction of sp³-hybridized carbons (Fsp3) is 0.400. The minimum absolute atomic E-state index is 0.323. The first-order valence-corrected chi connectivity index (χ1v) is 8.81. The molecule has 3 saturated heterocycles. The van der Waals surface area contributed by atoms with Gasteiger partial charge in [0, 0.05) is 11.1 Å². The maximum absolute atomic E-state index is 10.8. The van der Waals surface area contributed by atoms with Crippen LogP contribution in [0, 0.1) is 0 Å². The van der Waals surface area contributed by atoms with Crippen LogP contribution in [0.3, 0.4) is 0 Å². The van der Waals surface area contributed by atoms with Gasteiger partial charge in [0.25, 0.3) is 0 Å². The number of aliphatic hydroxyl groups excluding tert-OH is 1. The predicted molar refractivity (Wildman–Crippen MR) is 89.8 cm³/mol. The van der Waals surface area contributed by atoms with Crippen molar-refractivity contribution in [3.05, 3.63) is 71.8 Å². The molecule has 3 aliphatic heterocycles. The number of rotatable bonds is 2. The van der Waals surface area contributed by atoms with Crippen LogP contribution in [0.5, 0.6) is 0 Å². The quantitative estimate of drug-likeness (QED) is 0.891. The van der Waals surface area contributed by atoms with Gasteiger partial charge in [0.2, 0.25) is 0 Å². The van der Waals surface area contributed by atoms with Gasteiger partial charge in [-0.15, -0.1) is 0 Å². The van der Waals surface area contributed by atoms with Crippen molar-refractivity contribution in [1.82, 2.24) is 0 Å². The first-order chi connectivity index (χ1) is 12.8. The van der Waals surface area contributed by atoms with Crippen molar-refractivity contribution < 1.29 is 28.8 Å². The summed E-state index contributed by atoms with van der Waals surface area (Å²) < 4.78 is 29.6. The summed E-state index contributed by atoms with van der Waals surface area (Å²) in [4.78, 5) is 0. The van der Waals surface area contributed by atoms with E-state index in [1.54, 1.807) is 0 Å². The zero-order chi connectivity index (χ0) is 17.5. The van der Waals surface area contributed by atoms with E-state index in [9.17, 15) is 5.11 Å². The van der Waals surface area contributed by atoms with Crippen LogP contribution in [-0.4, -0.2) is 42.4 Å². The molecule has 0 unspecified atom stereocenters. The van der Waals surface area contributed by atoms with Crippen molar-refractivity contribution in [2.75, 3.05) is 6.61 Å². The fourth-order valence-electron chi connectivity index (χ4n) is 3.66. The van der Waals surface area contributed by atoms with Crippen LogP contribution >= 0.6 is 0 Å². The molecule has 2 aromatic rings. The van der Waals surface area contributed by atoms with Crippen molar-refractivity contribution in [3.8, 4) is 0 Å². The molecule has 0 saturated carbocycles. The van der Waals surface area contributed by atoms with Crippen LogP contribution < -0.4 is 0 Å². The van der Waals surface area contributed by atoms with Crippen molar-refractivity contribution in [1.29, 1.82) is 0 Å². The van der Waals surface area contributed by atoms with Crippen LogP contribution in [0.15, 0.2) is 60.7 Å². The molecular weight excluding hydrogens is 336 g/mol. The van der Waals surface area contributed by atoms with E-state index in [1.165, 1.54) is 0 Å². The van der Waals surface area contributed by atoms with E-state index in [0.29, 0.717) is 6.61 Å². The molecule has 6 heteroatoms. The van der Waals surface area contributed by atoms with Gasteiger partial charge >= 0.3 is 0 Å². The van der Waals surface area contributed by atoms with E-state index in [4.69, 9.17) is 23.7 Å². The highest BCUT2D eigenvalue weighted by molar-refractivity contribution is 5.18. The predicted octanol–water partition coefficient (Wildman–Crippen LogP) is 2.30. The summed E-state index contributed by atoms with van der Waals surface area (Å²) >= 11 is 0. The van der Waals surface area contributed by atoms with Crippen LogP contribution in [0.25, 0.3) is 0 Å². The monoisotopic (exact) mass is 356 g/mol. The summed E-state index contributed by atoms with van der Waals surface area (Å²) in [6, 6.07) is 19.3. The SMILES string of the molecule is O[C@@H]1[C@H]2O[C@@H](c3ccccc3)O[C@@H]2O[C@H]2CO[C@H](c3ccccc3)O[C@@H]12. The lowest BCUT2D eigenvalue weighted by Crippen LogP contribution is -2.60. The smallest absolute Gasteiger partial charge is 0.190 e. The van der Waals surface area contributed by atoms with E-state index in [-0.39, 0.29) is 0 Å². The van der Waals surface area contributed by atoms with Gasteiger partial charge in [-0.1, -0.05) is 60.7 Å². The first-order valence-electron chi connectivity index (χ1n) is 8.81. The molecule has 0 aromatic heterocycles. The zero-order valence-electron chi connectivity index (χ0n) is 14.0. The average molecular weight is 356 g/mol. The second-order valence-electron chi connectivity index (χ2n) is 6.69. The molecule has 0 bridgehead atoms. The third-order valence-electron chi connectivity index (χ3n) is 4.99. The summed E-state index contributed by atoms with van der Waals surface area (Å²) in [5, 5.41) is 10.8. The number of ether oxygens (including phenoxy) is 5. The molecule has 5 rings (SSSR count). The number of fused-ring (bicyclic) bond motifs is 2. The van der Waals surface area contributed by atoms with Crippen molar-refractivity contribution >= 4 is 0 Å². The Morgan fingerprint density at radius 1 is 0.692 bits per heavy atom. The van der Waals surface area contributed by atoms with Crippen molar-refractivity contribution in [2.45, 2.75) is 43.3 Å². The van der Waals surface area contributed by atoms with Gasteiger partial charge in [-0.05, 0) is 0 Å². The molecule has 0 radical (unpaired) electrons. The van der Waals surface area contributed by atoms with Crippen LogP contribution in [0.2, 0.25) is 0 Å². The van der Waals surface area contributed by atoms with E-state index >= 15 is 0 Å². The Morgan fingerprint density at radius 2 is 1.31 bits per heavy atom. The minimum atomic E-state index is -0.859. The Labute approximate surface area is 151 Å². The highest BCUT2D eigenvalue weighted by Gasteiger charge is 2.54. The topological polar surface area (TPSA) is 66.4 Å². The summed E-state index contributed by atoms with van der Waals surface area (Å²) in [6.45, 7) is 0.323. The molecule has 6 nitrogen and oxygen atoms in total. The molecule has 0 aliphatic carbocycles. The molecule has 2 aromatic carbocycles. The summed E-state index contributed by atoms with van der Waals surface area (Å²) in [5.41, 5.74) is 1.80. The van der Waals surface area contributed by atoms with Gasteiger partial charge in [-0.25, -0.2) is 0 Å². The third-order valence-corrected chi connectivity index (χ3v) is 4.99. The summed E-state index contributed by atoms with van der Waals surface area (Å²) in [6.07, 6.45) is -4.13. The van der Waals surface area contributed by atoms with Gasteiger partial charge in [-0.2, -0.15) is 0 Å². The standard InChI is InChI=1S/C20H20O6/c21-15-16-14(11-22-18(24-16)12-7-3-1-4-8-12)23-20-17(15)25-19(26-20)13-9-5-2-6-10-13/h1-10,14-21H,11H2/t14-,15-,16+,17+,18-,19+,20-/m0/s1. The molecule has 1 N–H and O–H groups in total. The molecule has 3 fully saturated rings. The highest BCUT2D eigenvalue weighted by Crippen LogP contribution is 2.41. The molecule has 3 heterocycles. The first kappa shape index (κ1) is 16.4. The minimum Gasteiger partial charge on any atom is -0.387 e. The van der Waals surface area contributed by atoms with E-state index in [2.05, 4.69) is 0 Å². The zero-order valence-corrected chi connectivity index (χ0v) is 14.0. The van der Waals surface area contributed by atoms with Gasteiger partial charge in [0.15, 0.2) is 18.9 Å². The maximum Gasteiger partial charge on any atom is 0.190 e. The van der Waals surface area contributed by atoms with Gasteiger partial charge in [0.05, 0.1) is 6.61 Å². The number of benzene rings is 2. The lowest BCUT2D eigenvalue weighted by molar-refractivity contribution is -0.338. The summed E-state index contributed by atoms with van der Waals surface area (Å²) in [5.74, 6) is 0. The second-order valence-corrected chi connectivity index (χ2v) is 6.69. The second kappa shape index (κ2) is 6.74. The maximum atomic E-state index is 10.8. The Kier molecular flexibility index (Phi) is 4.24. The van der Waals surface area contributed by atoms with Crippen LogP contribution in [0.1, 0.15) is 23.7 Å². The Bertz CT molecular complexity index is 701. The van der Waals surface area contributed by atoms with Gasteiger partial charge < -0.3 is 28.8 Å². The van der Waals surface area contributed by atoms with E-state index < -0.39 is 43.3 Å². The van der Waals surface area contributed by atoms with Crippen LogP contribution in [-0.2, 0) is 23.7 Å². The van der Waals surface area contributed by atoms with Crippen molar-refractivity contribution in [3.63, 3.8) is 0 Å². The molecule has 3 aliphatic rings. The average Bonchev–Trinajstić information content (AvgIpc) is 3.14. The molecular formula is C20H20O6. The largest absolute Gasteiger partial charge is 0.387 e. The van der Waals surface area contributed by atoms with Crippen molar-refractivity contribution in [2.24, 2.45) is 0 Å². The van der Waals surface area contributed by atoms with Gasteiger partial charge in [-0.3, -0.25) is 0 Å². The van der Waals surface area contributed by atoms with E-state index in [0.717, 1.165) is 11.1 Å². The number of hydrogen-bond donors (Lipinski definition) is 1. The van der Waals surface area contributed by atoms with Gasteiger partial charge in [0.1, 0.15) is 24.4 Å². The van der Waals surface area contributed by atoms with Crippen LogP contribution in [0.4, 0.5) is 0 Å². The molecule has 26 heavy (non-hydrogen) atoms. The fourth-order valence-corrected chi connectivity index (χ4v) is 3.66. The molecule has 0 amide bonds. The Morgan fingerprint density at radius 3 is 2.00 bits per heavy atom.